The maximum atomic E-state index is 11.0. The Balaban J connectivity index is 2.52. The third-order valence-electron chi connectivity index (χ3n) is 1.83. The Hall–Kier alpha value is -1.03. The van der Waals surface area contributed by atoms with Crippen molar-refractivity contribution >= 4 is 5.78 Å². The van der Waals surface area contributed by atoms with E-state index < -0.39 is 0 Å². The van der Waals surface area contributed by atoms with Gasteiger partial charge in [-0.3, -0.25) is 4.79 Å². The predicted molar refractivity (Wildman–Crippen MR) is 49.6 cm³/mol. The Kier molecular flexibility index (Phi) is 3.60. The minimum atomic E-state index is 0.238. The molecule has 0 saturated heterocycles. The van der Waals surface area contributed by atoms with Crippen molar-refractivity contribution in [3.05, 3.63) is 11.6 Å². The van der Waals surface area contributed by atoms with Crippen LogP contribution in [0.3, 0.4) is 0 Å². The maximum absolute atomic E-state index is 11.0. The van der Waals surface area contributed by atoms with E-state index in [1.54, 1.807) is 6.08 Å². The lowest BCUT2D eigenvalue weighted by molar-refractivity contribution is -0.115. The monoisotopic (exact) mass is 162 g/mol. The molecule has 0 saturated carbocycles. The zero-order valence-electron chi connectivity index (χ0n) is 7.52. The molecule has 0 aliphatic heterocycles. The number of allylic oxidation sites excluding steroid dienone is 2. The highest BCUT2D eigenvalue weighted by molar-refractivity contribution is 5.91. The van der Waals surface area contributed by atoms with E-state index in [-0.39, 0.29) is 5.78 Å². The number of ketones is 1. The first-order chi connectivity index (χ1) is 5.83. The van der Waals surface area contributed by atoms with Crippen LogP contribution in [0.15, 0.2) is 11.6 Å². The summed E-state index contributed by atoms with van der Waals surface area (Å²) in [7, 11) is 0. The van der Waals surface area contributed by atoms with Crippen molar-refractivity contribution in [1.29, 1.82) is 0 Å². The first-order valence-corrected chi connectivity index (χ1v) is 4.55. The highest BCUT2D eigenvalue weighted by Gasteiger charge is 2.06. The quantitative estimate of drug-likeness (QED) is 0.541. The third-order valence-corrected chi connectivity index (χ3v) is 1.83. The van der Waals surface area contributed by atoms with E-state index in [0.717, 1.165) is 31.3 Å². The van der Waals surface area contributed by atoms with Gasteiger partial charge in [-0.2, -0.15) is 0 Å². The van der Waals surface area contributed by atoms with Crippen molar-refractivity contribution < 1.29 is 4.79 Å². The molecule has 1 aliphatic carbocycles. The summed E-state index contributed by atoms with van der Waals surface area (Å²) in [6, 6.07) is 0. The van der Waals surface area contributed by atoms with E-state index in [2.05, 4.69) is 18.8 Å². The molecule has 1 nitrogen and oxygen atoms in total. The molecule has 0 aromatic heterocycles. The fourth-order valence-electron chi connectivity index (χ4n) is 1.19. The molecule has 12 heavy (non-hydrogen) atoms. The van der Waals surface area contributed by atoms with Gasteiger partial charge in [0.05, 0.1) is 0 Å². The Labute approximate surface area is 73.9 Å². The molecule has 0 radical (unpaired) electrons. The summed E-state index contributed by atoms with van der Waals surface area (Å²) in [6.07, 6.45) is 6.40. The normalized spacial score (nSPS) is 16.4. The third kappa shape index (κ3) is 2.92. The van der Waals surface area contributed by atoms with Gasteiger partial charge in [0, 0.05) is 18.4 Å². The highest BCUT2D eigenvalue weighted by atomic mass is 16.1. The van der Waals surface area contributed by atoms with Gasteiger partial charge in [0.15, 0.2) is 5.78 Å². The average Bonchev–Trinajstić information content (AvgIpc) is 2.05. The highest BCUT2D eigenvalue weighted by Crippen LogP contribution is 2.13. The van der Waals surface area contributed by atoms with Crippen LogP contribution < -0.4 is 0 Å². The van der Waals surface area contributed by atoms with Gasteiger partial charge in [-0.1, -0.05) is 18.8 Å². The van der Waals surface area contributed by atoms with Crippen LogP contribution in [0.2, 0.25) is 0 Å². The SMILES string of the molecule is CCCC#CC1=CC(=O)CCC1. The van der Waals surface area contributed by atoms with Gasteiger partial charge in [-0.05, 0) is 25.3 Å². The topological polar surface area (TPSA) is 17.1 Å². The summed E-state index contributed by atoms with van der Waals surface area (Å²) in [5.74, 6) is 6.34. The first kappa shape index (κ1) is 9.06. The van der Waals surface area contributed by atoms with Crippen molar-refractivity contribution in [3.63, 3.8) is 0 Å². The summed E-state index contributed by atoms with van der Waals surface area (Å²) in [5.41, 5.74) is 1.03. The van der Waals surface area contributed by atoms with Crippen LogP contribution in [0.5, 0.6) is 0 Å². The minimum Gasteiger partial charge on any atom is -0.295 e. The fourth-order valence-corrected chi connectivity index (χ4v) is 1.19. The number of rotatable bonds is 1. The summed E-state index contributed by atoms with van der Waals surface area (Å²) in [4.78, 5) is 11.0. The zero-order chi connectivity index (χ0) is 8.81. The first-order valence-electron chi connectivity index (χ1n) is 4.55. The fraction of sp³-hybridized carbons (Fsp3) is 0.545. The zero-order valence-corrected chi connectivity index (χ0v) is 7.52. The molecular formula is C11H14O. The molecule has 0 unspecified atom stereocenters. The van der Waals surface area contributed by atoms with Crippen LogP contribution in [-0.2, 0) is 4.79 Å². The van der Waals surface area contributed by atoms with Crippen molar-refractivity contribution in [3.8, 4) is 11.8 Å². The van der Waals surface area contributed by atoms with Gasteiger partial charge in [0.25, 0.3) is 0 Å². The van der Waals surface area contributed by atoms with Crippen LogP contribution in [-0.4, -0.2) is 5.78 Å². The molecule has 64 valence electrons. The Bertz CT molecular complexity index is 250. The predicted octanol–water partition coefficient (Wildman–Crippen LogP) is 2.47. The lowest BCUT2D eigenvalue weighted by atomic mass is 9.99. The van der Waals surface area contributed by atoms with Crippen LogP contribution in [0.1, 0.15) is 39.0 Å². The summed E-state index contributed by atoms with van der Waals surface area (Å²) in [5, 5.41) is 0. The van der Waals surface area contributed by atoms with E-state index in [4.69, 9.17) is 0 Å². The number of hydrogen-bond acceptors (Lipinski definition) is 1. The van der Waals surface area contributed by atoms with Crippen LogP contribution in [0, 0.1) is 11.8 Å². The molecule has 0 fully saturated rings. The Morgan fingerprint density at radius 1 is 1.50 bits per heavy atom. The van der Waals surface area contributed by atoms with E-state index in [0.29, 0.717) is 6.42 Å². The van der Waals surface area contributed by atoms with Crippen molar-refractivity contribution in [2.75, 3.05) is 0 Å². The second kappa shape index (κ2) is 4.77. The smallest absolute Gasteiger partial charge is 0.156 e. The second-order valence-electron chi connectivity index (χ2n) is 3.04. The molecule has 0 atom stereocenters. The average molecular weight is 162 g/mol. The molecule has 0 bridgehead atoms. The van der Waals surface area contributed by atoms with Gasteiger partial charge in [0.1, 0.15) is 0 Å². The van der Waals surface area contributed by atoms with Gasteiger partial charge in [0.2, 0.25) is 0 Å². The number of hydrogen-bond donors (Lipinski definition) is 0. The molecule has 0 spiro atoms. The molecule has 0 heterocycles. The molecule has 1 aliphatic rings. The van der Waals surface area contributed by atoms with Crippen LogP contribution in [0.4, 0.5) is 0 Å². The summed E-state index contributed by atoms with van der Waals surface area (Å²) in [6.45, 7) is 2.11. The van der Waals surface area contributed by atoms with Gasteiger partial charge >= 0.3 is 0 Å². The van der Waals surface area contributed by atoms with E-state index >= 15 is 0 Å². The standard InChI is InChI=1S/C11H14O/c1-2-3-4-6-10-7-5-8-11(12)9-10/h9H,2-3,5,7-8H2,1H3. The Morgan fingerprint density at radius 3 is 3.00 bits per heavy atom. The van der Waals surface area contributed by atoms with Crippen molar-refractivity contribution in [1.82, 2.24) is 0 Å². The van der Waals surface area contributed by atoms with Crippen molar-refractivity contribution in [2.24, 2.45) is 0 Å². The molecule has 0 aromatic rings. The molecule has 0 N–H and O–H groups in total. The number of carbonyl (C=O) groups is 1. The molecular weight excluding hydrogens is 148 g/mol. The summed E-state index contributed by atoms with van der Waals surface area (Å²) >= 11 is 0. The lowest BCUT2D eigenvalue weighted by Gasteiger charge is -2.04. The molecule has 0 aromatic carbocycles. The number of unbranched alkanes of at least 4 members (excludes halogenated alkanes) is 1. The number of carbonyl (C=O) groups excluding carboxylic acids is 1. The maximum Gasteiger partial charge on any atom is 0.156 e. The van der Waals surface area contributed by atoms with E-state index in [1.165, 1.54) is 0 Å². The lowest BCUT2D eigenvalue weighted by Crippen LogP contribution is -2.00. The van der Waals surface area contributed by atoms with Gasteiger partial charge in [-0.25, -0.2) is 0 Å². The van der Waals surface area contributed by atoms with Crippen LogP contribution >= 0.6 is 0 Å². The van der Waals surface area contributed by atoms with Gasteiger partial charge in [-0.15, -0.1) is 0 Å². The van der Waals surface area contributed by atoms with E-state index in [1.807, 2.05) is 0 Å². The second-order valence-corrected chi connectivity index (χ2v) is 3.04. The van der Waals surface area contributed by atoms with Crippen LogP contribution in [0.25, 0.3) is 0 Å². The molecule has 0 amide bonds. The molecule has 1 heteroatoms. The summed E-state index contributed by atoms with van der Waals surface area (Å²) < 4.78 is 0. The van der Waals surface area contributed by atoms with Gasteiger partial charge < -0.3 is 0 Å². The largest absolute Gasteiger partial charge is 0.295 e. The van der Waals surface area contributed by atoms with Crippen molar-refractivity contribution in [2.45, 2.75) is 39.0 Å². The van der Waals surface area contributed by atoms with E-state index in [9.17, 15) is 4.79 Å². The minimum absolute atomic E-state index is 0.238. The Morgan fingerprint density at radius 2 is 2.33 bits per heavy atom. The molecule has 1 rings (SSSR count).